The van der Waals surface area contributed by atoms with Gasteiger partial charge in [0.05, 0.1) is 19.6 Å². The molecule has 0 aromatic heterocycles. The monoisotopic (exact) mass is 294 g/mol. The van der Waals surface area contributed by atoms with E-state index in [9.17, 15) is 4.79 Å². The molecular formula is C18H30O3. The van der Waals surface area contributed by atoms with Crippen molar-refractivity contribution in [2.45, 2.75) is 64.7 Å². The molecule has 0 bridgehead atoms. The van der Waals surface area contributed by atoms with Crippen LogP contribution in [0.2, 0.25) is 0 Å². The third kappa shape index (κ3) is 18.7. The van der Waals surface area contributed by atoms with Gasteiger partial charge in [0.2, 0.25) is 0 Å². The van der Waals surface area contributed by atoms with Crippen LogP contribution >= 0.6 is 0 Å². The molecule has 0 heterocycles. The van der Waals surface area contributed by atoms with Crippen LogP contribution in [-0.4, -0.2) is 24.3 Å². The molecule has 0 atom stereocenters. The van der Waals surface area contributed by atoms with Crippen LogP contribution in [0.4, 0.5) is 0 Å². The van der Waals surface area contributed by atoms with Gasteiger partial charge in [-0.15, -0.1) is 5.73 Å². The van der Waals surface area contributed by atoms with E-state index in [2.05, 4.69) is 24.8 Å². The number of rotatable bonds is 14. The first-order valence-electron chi connectivity index (χ1n) is 8.11. The Labute approximate surface area is 129 Å². The van der Waals surface area contributed by atoms with Gasteiger partial charge in [-0.25, -0.2) is 0 Å². The predicted molar refractivity (Wildman–Crippen MR) is 87.5 cm³/mol. The van der Waals surface area contributed by atoms with Crippen molar-refractivity contribution in [3.8, 4) is 0 Å². The molecule has 120 valence electrons. The minimum Gasteiger partial charge on any atom is -0.481 e. The first kappa shape index (κ1) is 19.7. The summed E-state index contributed by atoms with van der Waals surface area (Å²) in [5, 5.41) is 8.41. The molecule has 0 unspecified atom stereocenters. The zero-order valence-corrected chi connectivity index (χ0v) is 13.4. The number of hydrogen-bond donors (Lipinski definition) is 1. The highest BCUT2D eigenvalue weighted by Crippen LogP contribution is 2.07. The second kappa shape index (κ2) is 16.7. The second-order valence-corrected chi connectivity index (χ2v) is 5.06. The Morgan fingerprint density at radius 3 is 2.57 bits per heavy atom. The Bertz CT molecular complexity index is 325. The van der Waals surface area contributed by atoms with Gasteiger partial charge in [-0.3, -0.25) is 4.79 Å². The molecular weight excluding hydrogens is 264 g/mol. The summed E-state index contributed by atoms with van der Waals surface area (Å²) < 4.78 is 5.43. The van der Waals surface area contributed by atoms with Gasteiger partial charge in [-0.1, -0.05) is 51.2 Å². The van der Waals surface area contributed by atoms with E-state index in [-0.39, 0.29) is 6.42 Å². The molecule has 0 aliphatic carbocycles. The average Bonchev–Trinajstić information content (AvgIpc) is 2.46. The number of ether oxygens (including phenoxy) is 1. The van der Waals surface area contributed by atoms with Crippen LogP contribution in [0, 0.1) is 0 Å². The Hall–Kier alpha value is -1.31. The number of allylic oxidation sites excluding steroid dienone is 1. The van der Waals surface area contributed by atoms with Crippen molar-refractivity contribution in [2.24, 2.45) is 0 Å². The lowest BCUT2D eigenvalue weighted by Crippen LogP contribution is -1.92. The number of carbonyl (C=O) groups is 1. The van der Waals surface area contributed by atoms with E-state index in [4.69, 9.17) is 9.84 Å². The molecule has 0 aliphatic heterocycles. The van der Waals surface area contributed by atoms with Crippen LogP contribution in [0.3, 0.4) is 0 Å². The molecule has 0 aromatic carbocycles. The van der Waals surface area contributed by atoms with E-state index in [0.717, 1.165) is 12.8 Å². The normalized spacial score (nSPS) is 10.5. The van der Waals surface area contributed by atoms with Gasteiger partial charge < -0.3 is 9.84 Å². The molecule has 0 amide bonds. The summed E-state index contributed by atoms with van der Waals surface area (Å²) in [6.07, 6.45) is 17.6. The topological polar surface area (TPSA) is 46.5 Å². The zero-order chi connectivity index (χ0) is 15.6. The van der Waals surface area contributed by atoms with Gasteiger partial charge in [0.15, 0.2) is 0 Å². The van der Waals surface area contributed by atoms with Crippen molar-refractivity contribution in [1.82, 2.24) is 0 Å². The quantitative estimate of drug-likeness (QED) is 0.282. The largest absolute Gasteiger partial charge is 0.481 e. The number of carboxylic acid groups (broad SMARTS) is 1. The number of aliphatic carboxylic acids is 1. The fraction of sp³-hybridized carbons (Fsp3) is 0.667. The third-order valence-corrected chi connectivity index (χ3v) is 3.02. The van der Waals surface area contributed by atoms with Crippen LogP contribution in [0.1, 0.15) is 64.7 Å². The molecule has 0 aliphatic rings. The molecule has 0 saturated heterocycles. The summed E-state index contributed by atoms with van der Waals surface area (Å²) in [5.74, 6) is -0.831. The van der Waals surface area contributed by atoms with E-state index in [1.54, 1.807) is 0 Å². The first-order chi connectivity index (χ1) is 10.3. The van der Waals surface area contributed by atoms with Gasteiger partial charge >= 0.3 is 5.97 Å². The highest BCUT2D eigenvalue weighted by Gasteiger charge is 1.88. The number of hydrogen-bond acceptors (Lipinski definition) is 2. The second-order valence-electron chi connectivity index (χ2n) is 5.06. The van der Waals surface area contributed by atoms with E-state index >= 15 is 0 Å². The minimum atomic E-state index is -0.831. The molecule has 3 heteroatoms. The van der Waals surface area contributed by atoms with Crippen molar-refractivity contribution < 1.29 is 14.6 Å². The third-order valence-electron chi connectivity index (χ3n) is 3.02. The average molecular weight is 294 g/mol. The lowest BCUT2D eigenvalue weighted by atomic mass is 10.1. The summed E-state index contributed by atoms with van der Waals surface area (Å²) in [7, 11) is 0. The van der Waals surface area contributed by atoms with Crippen LogP contribution in [0.25, 0.3) is 0 Å². The fourth-order valence-electron chi connectivity index (χ4n) is 1.83. The van der Waals surface area contributed by atoms with Crippen LogP contribution < -0.4 is 0 Å². The Morgan fingerprint density at radius 1 is 1.05 bits per heavy atom. The minimum absolute atomic E-state index is 0.0263. The molecule has 0 spiro atoms. The maximum Gasteiger partial charge on any atom is 0.307 e. The lowest BCUT2D eigenvalue weighted by molar-refractivity contribution is -0.135. The van der Waals surface area contributed by atoms with Crippen LogP contribution in [0.5, 0.6) is 0 Å². The lowest BCUT2D eigenvalue weighted by Gasteiger charge is -1.98. The smallest absolute Gasteiger partial charge is 0.307 e. The van der Waals surface area contributed by atoms with E-state index in [1.807, 2.05) is 6.08 Å². The molecule has 0 aromatic rings. The van der Waals surface area contributed by atoms with Crippen LogP contribution in [0.15, 0.2) is 30.0 Å². The highest BCUT2D eigenvalue weighted by molar-refractivity contribution is 5.68. The zero-order valence-electron chi connectivity index (χ0n) is 13.4. The van der Waals surface area contributed by atoms with E-state index in [0.29, 0.717) is 13.2 Å². The molecule has 1 N–H and O–H groups in total. The van der Waals surface area contributed by atoms with Gasteiger partial charge in [0, 0.05) is 0 Å². The van der Waals surface area contributed by atoms with Gasteiger partial charge in [0.1, 0.15) is 0 Å². The summed E-state index contributed by atoms with van der Waals surface area (Å²) in [6.45, 7) is 3.54. The molecule has 0 rings (SSSR count). The maximum atomic E-state index is 10.2. The molecule has 0 fully saturated rings. The van der Waals surface area contributed by atoms with Crippen molar-refractivity contribution >= 4 is 5.97 Å². The summed E-state index contributed by atoms with van der Waals surface area (Å²) in [6, 6.07) is 0. The Balaban J connectivity index is 3.25. The van der Waals surface area contributed by atoms with Gasteiger partial charge in [0.25, 0.3) is 0 Å². The number of carboxylic acids is 1. The van der Waals surface area contributed by atoms with Gasteiger partial charge in [-0.05, 0) is 31.4 Å². The standard InChI is InChI=1S/C18H30O3/c1-2-3-4-5-6-7-8-10-13-16-21-17-14-11-9-12-15-18(19)20/h10-13H,2-8,14-17H2,1H3,(H,19,20)/b13-10-. The van der Waals surface area contributed by atoms with Crippen LogP contribution in [-0.2, 0) is 9.53 Å². The SMILES string of the molecule is CCCCCCCC/C=C\COCCC=C=CCC(=O)O. The molecule has 3 nitrogen and oxygen atoms in total. The van der Waals surface area contributed by atoms with Crippen molar-refractivity contribution in [3.63, 3.8) is 0 Å². The maximum absolute atomic E-state index is 10.2. The highest BCUT2D eigenvalue weighted by atomic mass is 16.5. The summed E-state index contributed by atoms with van der Waals surface area (Å²) >= 11 is 0. The molecule has 21 heavy (non-hydrogen) atoms. The fourth-order valence-corrected chi connectivity index (χ4v) is 1.83. The van der Waals surface area contributed by atoms with E-state index < -0.39 is 5.97 Å². The number of unbranched alkanes of at least 4 members (excludes halogenated alkanes) is 6. The Morgan fingerprint density at radius 2 is 1.81 bits per heavy atom. The summed E-state index contributed by atoms with van der Waals surface area (Å²) in [5.41, 5.74) is 2.83. The molecule has 0 radical (unpaired) electrons. The van der Waals surface area contributed by atoms with Crippen molar-refractivity contribution in [1.29, 1.82) is 0 Å². The summed E-state index contributed by atoms with van der Waals surface area (Å²) in [4.78, 5) is 10.2. The molecule has 0 saturated carbocycles. The van der Waals surface area contributed by atoms with Gasteiger partial charge in [-0.2, -0.15) is 0 Å². The van der Waals surface area contributed by atoms with E-state index in [1.165, 1.54) is 44.6 Å². The van der Waals surface area contributed by atoms with Crippen molar-refractivity contribution in [2.75, 3.05) is 13.2 Å². The van der Waals surface area contributed by atoms with Crippen molar-refractivity contribution in [3.05, 3.63) is 30.0 Å². The first-order valence-corrected chi connectivity index (χ1v) is 8.11. The Kier molecular flexibility index (Phi) is 15.7. The predicted octanol–water partition coefficient (Wildman–Crippen LogP) is 4.89.